The minimum atomic E-state index is -0.205. The normalized spacial score (nSPS) is 11.8. The highest BCUT2D eigenvalue weighted by molar-refractivity contribution is 5.49. The molecule has 96 valence electrons. The van der Waals surface area contributed by atoms with Crippen molar-refractivity contribution >= 4 is 0 Å². The molecule has 0 amide bonds. The smallest absolute Gasteiger partial charge is 0.232 e. The number of rotatable bonds is 4. The summed E-state index contributed by atoms with van der Waals surface area (Å²) in [5.74, 6) is 1.13. The number of aromatic nitrogens is 3. The summed E-state index contributed by atoms with van der Waals surface area (Å²) in [4.78, 5) is 8.66. The van der Waals surface area contributed by atoms with E-state index < -0.39 is 0 Å². The summed E-state index contributed by atoms with van der Waals surface area (Å²) in [6, 6.07) is 3.87. The monoisotopic (exact) mass is 246 g/mol. The molecule has 18 heavy (non-hydrogen) atoms. The van der Waals surface area contributed by atoms with Gasteiger partial charge in [-0.2, -0.15) is 4.98 Å². The van der Waals surface area contributed by atoms with E-state index in [-0.39, 0.29) is 5.41 Å². The van der Waals surface area contributed by atoms with Crippen LogP contribution in [0.2, 0.25) is 0 Å². The molecular weight excluding hydrogens is 228 g/mol. The lowest BCUT2D eigenvalue weighted by Gasteiger charge is -2.17. The third-order valence-electron chi connectivity index (χ3n) is 2.92. The Kier molecular flexibility index (Phi) is 3.43. The molecule has 5 nitrogen and oxygen atoms in total. The van der Waals surface area contributed by atoms with Crippen LogP contribution in [-0.2, 0) is 5.41 Å². The van der Waals surface area contributed by atoms with Gasteiger partial charge < -0.3 is 10.3 Å². The van der Waals surface area contributed by atoms with E-state index in [4.69, 9.17) is 10.3 Å². The highest BCUT2D eigenvalue weighted by Crippen LogP contribution is 2.26. The lowest BCUT2D eigenvalue weighted by molar-refractivity contribution is 0.298. The van der Waals surface area contributed by atoms with Crippen LogP contribution in [0.5, 0.6) is 0 Å². The molecule has 0 saturated carbocycles. The lowest BCUT2D eigenvalue weighted by atomic mass is 9.89. The number of aryl methyl sites for hydroxylation is 1. The van der Waals surface area contributed by atoms with Crippen molar-refractivity contribution in [3.63, 3.8) is 0 Å². The van der Waals surface area contributed by atoms with Crippen molar-refractivity contribution < 1.29 is 4.52 Å². The first kappa shape index (κ1) is 12.7. The summed E-state index contributed by atoms with van der Waals surface area (Å²) in [5.41, 5.74) is 7.23. The summed E-state index contributed by atoms with van der Waals surface area (Å²) < 4.78 is 5.32. The first-order chi connectivity index (χ1) is 8.53. The second kappa shape index (κ2) is 4.86. The quantitative estimate of drug-likeness (QED) is 0.893. The van der Waals surface area contributed by atoms with Crippen LogP contribution in [0.3, 0.4) is 0 Å². The van der Waals surface area contributed by atoms with Gasteiger partial charge in [-0.25, -0.2) is 0 Å². The molecule has 0 aliphatic rings. The molecule has 0 atom stereocenters. The van der Waals surface area contributed by atoms with Gasteiger partial charge in [0.1, 0.15) is 5.69 Å². The van der Waals surface area contributed by atoms with E-state index in [1.807, 2.05) is 32.9 Å². The molecule has 0 aromatic carbocycles. The van der Waals surface area contributed by atoms with Crippen molar-refractivity contribution in [2.24, 2.45) is 5.73 Å². The molecule has 0 unspecified atom stereocenters. The number of nitrogens with zero attached hydrogens (tertiary/aromatic N) is 3. The average molecular weight is 246 g/mol. The van der Waals surface area contributed by atoms with Gasteiger partial charge in [0.2, 0.25) is 11.7 Å². The molecule has 0 radical (unpaired) electrons. The molecule has 0 saturated heterocycles. The molecule has 2 rings (SSSR count). The van der Waals surface area contributed by atoms with Crippen molar-refractivity contribution in [2.45, 2.75) is 32.6 Å². The molecular formula is C13H18N4O. The number of nitrogens with two attached hydrogens (primary N) is 1. The van der Waals surface area contributed by atoms with E-state index in [2.05, 4.69) is 15.1 Å². The van der Waals surface area contributed by atoms with E-state index in [1.54, 1.807) is 6.20 Å². The third-order valence-corrected chi connectivity index (χ3v) is 2.92. The van der Waals surface area contributed by atoms with Gasteiger partial charge in [-0.05, 0) is 37.6 Å². The fraction of sp³-hybridized carbons (Fsp3) is 0.462. The largest absolute Gasteiger partial charge is 0.338 e. The Morgan fingerprint density at radius 3 is 2.83 bits per heavy atom. The van der Waals surface area contributed by atoms with Gasteiger partial charge in [0.05, 0.1) is 0 Å². The Morgan fingerprint density at radius 2 is 2.17 bits per heavy atom. The fourth-order valence-corrected chi connectivity index (χ4v) is 1.73. The van der Waals surface area contributed by atoms with E-state index in [0.29, 0.717) is 18.3 Å². The Morgan fingerprint density at radius 1 is 1.39 bits per heavy atom. The molecule has 2 aromatic heterocycles. The van der Waals surface area contributed by atoms with Gasteiger partial charge in [-0.3, -0.25) is 4.98 Å². The second-order valence-corrected chi connectivity index (χ2v) is 5.06. The number of hydrogen-bond acceptors (Lipinski definition) is 5. The molecule has 2 aromatic rings. The predicted octanol–water partition coefficient (Wildman–Crippen LogP) is 2.07. The standard InChI is InChI=1S/C13H18N4O/c1-9-4-7-15-10(8-9)11-16-12(18-17-11)13(2,3)5-6-14/h4,7-8H,5-6,14H2,1-3H3. The average Bonchev–Trinajstić information content (AvgIpc) is 2.78. The van der Waals surface area contributed by atoms with Crippen LogP contribution in [0.25, 0.3) is 11.5 Å². The molecule has 0 fully saturated rings. The Bertz CT molecular complexity index is 533. The first-order valence-electron chi connectivity index (χ1n) is 6.00. The van der Waals surface area contributed by atoms with Crippen LogP contribution < -0.4 is 5.73 Å². The summed E-state index contributed by atoms with van der Waals surface area (Å²) in [6.45, 7) is 6.68. The van der Waals surface area contributed by atoms with Crippen molar-refractivity contribution in [3.8, 4) is 11.5 Å². The summed E-state index contributed by atoms with van der Waals surface area (Å²) in [6.07, 6.45) is 2.54. The van der Waals surface area contributed by atoms with Crippen molar-refractivity contribution in [1.29, 1.82) is 0 Å². The molecule has 0 aliphatic carbocycles. The lowest BCUT2D eigenvalue weighted by Crippen LogP contribution is -2.22. The minimum absolute atomic E-state index is 0.205. The van der Waals surface area contributed by atoms with Crippen LogP contribution in [-0.4, -0.2) is 21.7 Å². The van der Waals surface area contributed by atoms with Crippen LogP contribution in [0.15, 0.2) is 22.9 Å². The summed E-state index contributed by atoms with van der Waals surface area (Å²) >= 11 is 0. The van der Waals surface area contributed by atoms with Gasteiger partial charge >= 0.3 is 0 Å². The highest BCUT2D eigenvalue weighted by atomic mass is 16.5. The Labute approximate surface area is 106 Å². The maximum absolute atomic E-state index is 5.59. The van der Waals surface area contributed by atoms with E-state index in [1.165, 1.54) is 0 Å². The molecule has 5 heteroatoms. The number of hydrogen-bond donors (Lipinski definition) is 1. The van der Waals surface area contributed by atoms with Crippen LogP contribution in [0.1, 0.15) is 31.7 Å². The molecule has 0 bridgehead atoms. The fourth-order valence-electron chi connectivity index (χ4n) is 1.73. The molecule has 2 heterocycles. The van der Waals surface area contributed by atoms with Crippen LogP contribution in [0, 0.1) is 6.92 Å². The third kappa shape index (κ3) is 2.56. The van der Waals surface area contributed by atoms with Crippen LogP contribution in [0.4, 0.5) is 0 Å². The minimum Gasteiger partial charge on any atom is -0.338 e. The topological polar surface area (TPSA) is 77.8 Å². The van der Waals surface area contributed by atoms with E-state index in [9.17, 15) is 0 Å². The van der Waals surface area contributed by atoms with Crippen molar-refractivity contribution in [3.05, 3.63) is 29.8 Å². The zero-order chi connectivity index (χ0) is 13.2. The predicted molar refractivity (Wildman–Crippen MR) is 69.0 cm³/mol. The van der Waals surface area contributed by atoms with E-state index in [0.717, 1.165) is 17.7 Å². The van der Waals surface area contributed by atoms with Gasteiger partial charge in [-0.15, -0.1) is 0 Å². The van der Waals surface area contributed by atoms with Crippen molar-refractivity contribution in [2.75, 3.05) is 6.54 Å². The molecule has 0 aliphatic heterocycles. The molecule has 0 spiro atoms. The van der Waals surface area contributed by atoms with Gasteiger partial charge in [0.15, 0.2) is 0 Å². The Hall–Kier alpha value is -1.75. The second-order valence-electron chi connectivity index (χ2n) is 5.06. The maximum atomic E-state index is 5.59. The Balaban J connectivity index is 2.31. The molecule has 2 N–H and O–H groups in total. The first-order valence-corrected chi connectivity index (χ1v) is 6.00. The van der Waals surface area contributed by atoms with Crippen molar-refractivity contribution in [1.82, 2.24) is 15.1 Å². The van der Waals surface area contributed by atoms with Gasteiger partial charge in [0, 0.05) is 11.6 Å². The summed E-state index contributed by atoms with van der Waals surface area (Å²) in [5, 5.41) is 3.99. The zero-order valence-electron chi connectivity index (χ0n) is 11.0. The van der Waals surface area contributed by atoms with Gasteiger partial charge in [0.25, 0.3) is 0 Å². The number of pyridine rings is 1. The highest BCUT2D eigenvalue weighted by Gasteiger charge is 2.27. The maximum Gasteiger partial charge on any atom is 0.232 e. The zero-order valence-corrected chi connectivity index (χ0v) is 11.0. The SMILES string of the molecule is Cc1ccnc(-c2noc(C(C)(C)CCN)n2)c1. The summed E-state index contributed by atoms with van der Waals surface area (Å²) in [7, 11) is 0. The van der Waals surface area contributed by atoms with Gasteiger partial charge in [-0.1, -0.05) is 19.0 Å². The van der Waals surface area contributed by atoms with E-state index >= 15 is 0 Å². The van der Waals surface area contributed by atoms with Crippen LogP contribution >= 0.6 is 0 Å².